The summed E-state index contributed by atoms with van der Waals surface area (Å²) in [4.78, 5) is 84.3. The Kier molecular flexibility index (Phi) is 14.2. The summed E-state index contributed by atoms with van der Waals surface area (Å²) in [5, 5.41) is 7.15. The minimum atomic E-state index is -4.60. The summed E-state index contributed by atoms with van der Waals surface area (Å²) in [6.07, 6.45) is 0.172. The Hall–Kier alpha value is -5.86. The number of methoxy groups -OCH3 is 1. The lowest BCUT2D eigenvalue weighted by Gasteiger charge is -2.44. The van der Waals surface area contributed by atoms with E-state index in [9.17, 15) is 37.1 Å². The minimum Gasteiger partial charge on any atom is -0.464 e. The average molecular weight is 990 g/mol. The van der Waals surface area contributed by atoms with Crippen molar-refractivity contribution in [3.8, 4) is 22.5 Å². The molecule has 6 heterocycles. The molecule has 1 unspecified atom stereocenters. The normalized spacial score (nSPS) is 21.3. The molecular formula is C50H62F3N9O7S. The van der Waals surface area contributed by atoms with Gasteiger partial charge in [0.2, 0.25) is 11.8 Å². The van der Waals surface area contributed by atoms with Crippen molar-refractivity contribution in [3.63, 3.8) is 0 Å². The second kappa shape index (κ2) is 19.7. The molecule has 3 aromatic heterocycles. The number of amides is 5. The van der Waals surface area contributed by atoms with Gasteiger partial charge >= 0.3 is 18.2 Å². The highest BCUT2D eigenvalue weighted by Crippen LogP contribution is 2.45. The number of hydrogen-bond acceptors (Lipinski definition) is 11. The summed E-state index contributed by atoms with van der Waals surface area (Å²) < 4.78 is 56.9. The highest BCUT2D eigenvalue weighted by atomic mass is 32.1. The number of nitrogens with one attached hydrogen (secondary N) is 2. The number of urea groups is 1. The van der Waals surface area contributed by atoms with Crippen molar-refractivity contribution in [2.75, 3.05) is 46.9 Å². The number of alkyl halides is 3. The van der Waals surface area contributed by atoms with Crippen LogP contribution in [-0.2, 0) is 48.0 Å². The second-order valence-corrected chi connectivity index (χ2v) is 21.1. The summed E-state index contributed by atoms with van der Waals surface area (Å²) in [5.74, 6) is -2.24. The first-order valence-electron chi connectivity index (χ1n) is 23.8. The van der Waals surface area contributed by atoms with Crippen LogP contribution in [-0.4, -0.2) is 141 Å². The fraction of sp³-hybridized carbons (Fsp3) is 0.540. The smallest absolute Gasteiger partial charge is 0.406 e. The molecule has 4 aliphatic rings. The first-order chi connectivity index (χ1) is 33.1. The molecule has 2 N–H and O–H groups in total. The monoisotopic (exact) mass is 989 g/mol. The van der Waals surface area contributed by atoms with Crippen LogP contribution in [0, 0.1) is 11.3 Å². The molecule has 70 heavy (non-hydrogen) atoms. The maximum atomic E-state index is 14.7. The molecule has 6 bridgehead atoms. The maximum Gasteiger partial charge on any atom is 0.406 e. The first kappa shape index (κ1) is 50.5. The largest absolute Gasteiger partial charge is 0.464 e. The van der Waals surface area contributed by atoms with Crippen LogP contribution in [0.2, 0.25) is 0 Å². The lowest BCUT2D eigenvalue weighted by Crippen LogP contribution is -2.64. The fourth-order valence-corrected chi connectivity index (χ4v) is 11.1. The van der Waals surface area contributed by atoms with Gasteiger partial charge in [0.15, 0.2) is 0 Å². The standard InChI is InChI=1S/C50H62F3N9O7S/c1-9-40(63)61-21-20-59(26-49(61)16-17-49)47(67)58(7)42(29(2)3)44(64)56-36-23-39-55-37(25-70-39)31-14-15-38-33(22-31)34(24-48(5,6)28-69-46(66)35-13-11-19-62(57-35)45(36)65)43(60(38)27-50(51,52)53)32-12-10-18-54-41(32)30(4)68-8/h9-10,12,14-15,18,22,25,29-30,35-36,42,57H,1,11,13,16-17,19-21,23-24,26-28H2,2-8H3,(H,56,64)/t30-,35-,36-,42?/m0/s1. The summed E-state index contributed by atoms with van der Waals surface area (Å²) in [6.45, 7) is 12.6. The number of nitrogens with zero attached hydrogens (tertiary/aromatic N) is 7. The molecule has 16 nitrogen and oxygen atoms in total. The fourth-order valence-electron chi connectivity index (χ4n) is 10.3. The molecule has 4 aromatic rings. The summed E-state index contributed by atoms with van der Waals surface area (Å²) in [6, 6.07) is 5.15. The number of pyridine rings is 1. The Morgan fingerprint density at radius 2 is 1.89 bits per heavy atom. The van der Waals surface area contributed by atoms with Gasteiger partial charge in [0.25, 0.3) is 5.91 Å². The van der Waals surface area contributed by atoms with Gasteiger partial charge in [-0.25, -0.2) is 15.2 Å². The van der Waals surface area contributed by atoms with Gasteiger partial charge in [-0.3, -0.25) is 29.2 Å². The molecule has 5 amide bonds. The quantitative estimate of drug-likeness (QED) is 0.136. The van der Waals surface area contributed by atoms with Gasteiger partial charge in [0.05, 0.1) is 40.3 Å². The number of carbonyl (C=O) groups excluding carboxylic acids is 5. The molecule has 8 rings (SSSR count). The van der Waals surface area contributed by atoms with Crippen LogP contribution in [0.1, 0.15) is 82.7 Å². The number of piperazine rings is 1. The van der Waals surface area contributed by atoms with Crippen molar-refractivity contribution < 1.29 is 46.6 Å². The van der Waals surface area contributed by atoms with Gasteiger partial charge in [-0.2, -0.15) is 13.2 Å². The SMILES string of the molecule is C=CC(=O)N1CCN(C(=O)N(C)C(C(=O)N[C@H]2Cc3nc(cs3)-c3ccc4c(c3)c(c(-c3cccnc3[C@H](C)OC)n4CC(F)(F)F)CC(C)(C)COC(=O)[C@@H]3CCCN(N3)C2=O)C(C)C)CC12CC2. The van der Waals surface area contributed by atoms with E-state index in [-0.39, 0.29) is 50.4 Å². The van der Waals surface area contributed by atoms with Crippen LogP contribution < -0.4 is 10.7 Å². The number of esters is 1. The second-order valence-electron chi connectivity index (χ2n) is 20.2. The Balaban J connectivity index is 1.17. The molecule has 4 atom stereocenters. The predicted octanol–water partition coefficient (Wildman–Crippen LogP) is 6.68. The number of fused-ring (bicyclic) bond motifs is 6. The molecule has 3 aliphatic heterocycles. The summed E-state index contributed by atoms with van der Waals surface area (Å²) in [5.41, 5.74) is 5.13. The first-order valence-corrected chi connectivity index (χ1v) is 24.7. The van der Waals surface area contributed by atoms with Gasteiger partial charge in [0.1, 0.15) is 24.7 Å². The van der Waals surface area contributed by atoms with E-state index < -0.39 is 65.7 Å². The molecule has 1 aliphatic carbocycles. The third-order valence-electron chi connectivity index (χ3n) is 14.0. The highest BCUT2D eigenvalue weighted by molar-refractivity contribution is 7.10. The van der Waals surface area contributed by atoms with Crippen LogP contribution in [0.3, 0.4) is 0 Å². The Morgan fingerprint density at radius 1 is 1.13 bits per heavy atom. The van der Waals surface area contributed by atoms with Crippen molar-refractivity contribution in [2.45, 2.75) is 116 Å². The van der Waals surface area contributed by atoms with E-state index in [1.54, 1.807) is 54.2 Å². The van der Waals surface area contributed by atoms with Crippen LogP contribution in [0.25, 0.3) is 33.4 Å². The third-order valence-corrected chi connectivity index (χ3v) is 14.9. The number of rotatable bonds is 9. The molecule has 1 spiro atoms. The molecule has 20 heteroatoms. The predicted molar refractivity (Wildman–Crippen MR) is 257 cm³/mol. The molecule has 3 fully saturated rings. The van der Waals surface area contributed by atoms with Gasteiger partial charge in [0, 0.05) is 85.8 Å². The van der Waals surface area contributed by atoms with Crippen molar-refractivity contribution in [1.82, 2.24) is 45.0 Å². The Bertz CT molecular complexity index is 2680. The molecule has 1 saturated carbocycles. The molecule has 376 valence electrons. The van der Waals surface area contributed by atoms with Crippen molar-refractivity contribution in [1.29, 1.82) is 0 Å². The number of benzene rings is 1. The van der Waals surface area contributed by atoms with Crippen molar-refractivity contribution in [2.24, 2.45) is 11.3 Å². The number of aromatic nitrogens is 3. The Labute approximate surface area is 409 Å². The lowest BCUT2D eigenvalue weighted by molar-refractivity contribution is -0.155. The van der Waals surface area contributed by atoms with Gasteiger partial charge in [-0.05, 0) is 80.9 Å². The van der Waals surface area contributed by atoms with E-state index in [4.69, 9.17) is 14.5 Å². The van der Waals surface area contributed by atoms with Crippen molar-refractivity contribution >= 4 is 52.0 Å². The number of ether oxygens (including phenoxy) is 2. The zero-order valence-corrected chi connectivity index (χ0v) is 41.5. The topological polar surface area (TPSA) is 172 Å². The number of carbonyl (C=O) groups is 5. The van der Waals surface area contributed by atoms with E-state index in [1.807, 2.05) is 39.1 Å². The zero-order chi connectivity index (χ0) is 50.4. The number of cyclic esters (lactones) is 1. The zero-order valence-electron chi connectivity index (χ0n) is 40.7. The molecular weight excluding hydrogens is 928 g/mol. The van der Waals surface area contributed by atoms with Crippen LogP contribution in [0.15, 0.2) is 54.6 Å². The number of hydrazine groups is 1. The molecule has 1 aromatic carbocycles. The number of likely N-dealkylation sites (N-methyl/N-ethyl adjacent to an activating group) is 1. The number of hydrogen-bond donors (Lipinski definition) is 2. The molecule has 2 saturated heterocycles. The van der Waals surface area contributed by atoms with E-state index in [2.05, 4.69) is 22.3 Å². The van der Waals surface area contributed by atoms with E-state index in [0.29, 0.717) is 75.6 Å². The lowest BCUT2D eigenvalue weighted by atomic mass is 9.84. The Morgan fingerprint density at radius 3 is 2.57 bits per heavy atom. The maximum absolute atomic E-state index is 14.7. The summed E-state index contributed by atoms with van der Waals surface area (Å²) >= 11 is 1.26. The van der Waals surface area contributed by atoms with Crippen LogP contribution in [0.5, 0.6) is 0 Å². The third kappa shape index (κ3) is 10.3. The number of thiazole rings is 1. The van der Waals surface area contributed by atoms with Crippen LogP contribution in [0.4, 0.5) is 18.0 Å². The molecule has 0 radical (unpaired) electrons. The van der Waals surface area contributed by atoms with E-state index >= 15 is 0 Å². The van der Waals surface area contributed by atoms with Crippen LogP contribution >= 0.6 is 11.3 Å². The highest BCUT2D eigenvalue weighted by Gasteiger charge is 2.54. The van der Waals surface area contributed by atoms with Gasteiger partial charge < -0.3 is 34.1 Å². The van der Waals surface area contributed by atoms with E-state index in [1.165, 1.54) is 39.0 Å². The van der Waals surface area contributed by atoms with Gasteiger partial charge in [-0.1, -0.05) is 40.3 Å². The number of halogens is 3. The van der Waals surface area contributed by atoms with E-state index in [0.717, 1.165) is 12.8 Å². The van der Waals surface area contributed by atoms with Crippen molar-refractivity contribution in [3.05, 3.63) is 70.8 Å². The summed E-state index contributed by atoms with van der Waals surface area (Å²) in [7, 11) is 3.08. The average Bonchev–Trinajstić information content (AvgIpc) is 3.81. The van der Waals surface area contributed by atoms with Gasteiger partial charge in [-0.15, -0.1) is 11.3 Å². The minimum absolute atomic E-state index is 0.0535.